The molecule has 1 N–H and O–H groups in total. The van der Waals surface area contributed by atoms with Crippen molar-refractivity contribution in [3.63, 3.8) is 0 Å². The lowest BCUT2D eigenvalue weighted by Gasteiger charge is -2.19. The van der Waals surface area contributed by atoms with E-state index in [2.05, 4.69) is 10.5 Å². The third-order valence-corrected chi connectivity index (χ3v) is 5.21. The first-order valence-electron chi connectivity index (χ1n) is 8.09. The van der Waals surface area contributed by atoms with E-state index in [-0.39, 0.29) is 11.2 Å². The summed E-state index contributed by atoms with van der Waals surface area (Å²) in [5, 5.41) is 4.79. The first kappa shape index (κ1) is 15.8. The van der Waals surface area contributed by atoms with Gasteiger partial charge in [-0.2, -0.15) is 0 Å². The molecule has 6 heteroatoms. The van der Waals surface area contributed by atoms with Gasteiger partial charge in [-0.1, -0.05) is 42.1 Å². The van der Waals surface area contributed by atoms with Gasteiger partial charge in [0.1, 0.15) is 11.0 Å². The summed E-state index contributed by atoms with van der Waals surface area (Å²) in [6.07, 6.45) is 1.82. The number of amidine groups is 1. The molecule has 0 saturated carbocycles. The number of amides is 1. The van der Waals surface area contributed by atoms with Crippen molar-refractivity contribution in [1.82, 2.24) is 10.3 Å². The van der Waals surface area contributed by atoms with Crippen molar-refractivity contribution in [1.29, 1.82) is 0 Å². The van der Waals surface area contributed by atoms with E-state index in [1.165, 1.54) is 11.8 Å². The second-order valence-electron chi connectivity index (χ2n) is 5.62. The minimum atomic E-state index is -0.252. The lowest BCUT2D eigenvalue weighted by molar-refractivity contribution is -0.124. The largest absolute Gasteiger partial charge is 0.494 e. The second-order valence-corrected chi connectivity index (χ2v) is 6.70. The van der Waals surface area contributed by atoms with E-state index in [4.69, 9.17) is 4.74 Å². The number of hydrazone groups is 1. The molecule has 1 saturated heterocycles. The summed E-state index contributed by atoms with van der Waals surface area (Å²) in [4.78, 5) is 14.4. The van der Waals surface area contributed by atoms with Gasteiger partial charge in [0.25, 0.3) is 5.91 Å². The number of rotatable bonds is 4. The average molecular weight is 351 g/mol. The molecule has 2 aliphatic heterocycles. The monoisotopic (exact) mass is 351 g/mol. The maximum atomic E-state index is 12.8. The number of fused-ring (bicyclic) bond motifs is 1. The normalized spacial score (nSPS) is 19.0. The highest BCUT2D eigenvalue weighted by Crippen LogP contribution is 2.41. The summed E-state index contributed by atoms with van der Waals surface area (Å²) in [7, 11) is 0. The van der Waals surface area contributed by atoms with Gasteiger partial charge in [0.05, 0.1) is 12.3 Å². The van der Waals surface area contributed by atoms with Gasteiger partial charge in [0.2, 0.25) is 0 Å². The summed E-state index contributed by atoms with van der Waals surface area (Å²) >= 11 is 1.46. The Labute approximate surface area is 150 Å². The van der Waals surface area contributed by atoms with Crippen molar-refractivity contribution in [3.05, 3.63) is 71.9 Å². The molecule has 25 heavy (non-hydrogen) atoms. The first-order chi connectivity index (χ1) is 12.3. The molecule has 0 bridgehead atoms. The van der Waals surface area contributed by atoms with E-state index in [0.29, 0.717) is 11.8 Å². The van der Waals surface area contributed by atoms with Gasteiger partial charge in [-0.25, -0.2) is 0 Å². The summed E-state index contributed by atoms with van der Waals surface area (Å²) in [5.41, 5.74) is 5.77. The van der Waals surface area contributed by atoms with Gasteiger partial charge in [-0.05, 0) is 36.8 Å². The molecule has 2 heterocycles. The number of carbonyl (C=O) groups excluding carboxylic acids is 1. The molecule has 1 atom stereocenters. The predicted molar refractivity (Wildman–Crippen MR) is 99.8 cm³/mol. The highest BCUT2D eigenvalue weighted by atomic mass is 32.2. The number of thioether (sulfide) groups is 1. The molecular weight excluding hydrogens is 334 g/mol. The van der Waals surface area contributed by atoms with Gasteiger partial charge >= 0.3 is 0 Å². The number of hydrogen-bond donors (Lipinski definition) is 1. The first-order valence-corrected chi connectivity index (χ1v) is 8.97. The zero-order valence-electron chi connectivity index (χ0n) is 13.7. The molecule has 2 aromatic carbocycles. The Morgan fingerprint density at radius 2 is 1.92 bits per heavy atom. The van der Waals surface area contributed by atoms with E-state index < -0.39 is 0 Å². The highest BCUT2D eigenvalue weighted by molar-refractivity contribution is 8.15. The number of nitrogens with zero attached hydrogens (tertiary/aromatic N) is 2. The smallest absolute Gasteiger partial charge is 0.250 e. The molecule has 2 aliphatic rings. The van der Waals surface area contributed by atoms with Crippen molar-refractivity contribution < 1.29 is 9.53 Å². The molecular formula is C19H17N3O2S. The standard InChI is InChI=1S/C19H17N3O2S/c1-2-24-15-10-8-13(9-11-15)16-12-22-18(23)17(25-19(22)21-20-16)14-6-4-3-5-7-14/h3-12,17,20H,2H2,1H3/t17-/m0/s1. The van der Waals surface area contributed by atoms with E-state index in [1.807, 2.05) is 67.7 Å². The average Bonchev–Trinajstić information content (AvgIpc) is 3.00. The number of benzene rings is 2. The minimum Gasteiger partial charge on any atom is -0.494 e. The third-order valence-electron chi connectivity index (χ3n) is 4.00. The SMILES string of the molecule is CCOc1ccc(C2=CN3C(=O)[C@H](c4ccccc4)SC3=NN2)cc1. The van der Waals surface area contributed by atoms with Crippen LogP contribution in [0.5, 0.6) is 5.75 Å². The van der Waals surface area contributed by atoms with Crippen LogP contribution in [-0.4, -0.2) is 22.6 Å². The Morgan fingerprint density at radius 1 is 1.16 bits per heavy atom. The molecule has 0 spiro atoms. The van der Waals surface area contributed by atoms with Crippen molar-refractivity contribution >= 4 is 28.5 Å². The van der Waals surface area contributed by atoms with Crippen LogP contribution < -0.4 is 10.2 Å². The van der Waals surface area contributed by atoms with Crippen LogP contribution in [0.2, 0.25) is 0 Å². The second kappa shape index (κ2) is 6.64. The fourth-order valence-corrected chi connectivity index (χ4v) is 3.85. The topological polar surface area (TPSA) is 53.9 Å². The number of hydrogen-bond acceptors (Lipinski definition) is 5. The fraction of sp³-hybridized carbons (Fsp3) is 0.158. The summed E-state index contributed by atoms with van der Waals surface area (Å²) in [6, 6.07) is 17.5. The van der Waals surface area contributed by atoms with Gasteiger partial charge in [0, 0.05) is 11.8 Å². The molecule has 0 aromatic heterocycles. The Balaban J connectivity index is 1.58. The molecule has 1 fully saturated rings. The summed E-state index contributed by atoms with van der Waals surface area (Å²) in [5.74, 6) is 0.851. The summed E-state index contributed by atoms with van der Waals surface area (Å²) < 4.78 is 5.46. The lowest BCUT2D eigenvalue weighted by Crippen LogP contribution is -2.30. The molecule has 1 amide bonds. The highest BCUT2D eigenvalue weighted by Gasteiger charge is 2.39. The van der Waals surface area contributed by atoms with E-state index in [1.54, 1.807) is 4.90 Å². The van der Waals surface area contributed by atoms with Crippen molar-refractivity contribution in [2.45, 2.75) is 12.2 Å². The van der Waals surface area contributed by atoms with Crippen LogP contribution in [0.15, 0.2) is 65.9 Å². The van der Waals surface area contributed by atoms with E-state index in [9.17, 15) is 4.79 Å². The molecule has 0 aliphatic carbocycles. The van der Waals surface area contributed by atoms with Crippen molar-refractivity contribution in [3.8, 4) is 5.75 Å². The molecule has 0 radical (unpaired) electrons. The van der Waals surface area contributed by atoms with Gasteiger partial charge in [0.15, 0.2) is 5.17 Å². The molecule has 4 rings (SSSR count). The third kappa shape index (κ3) is 3.00. The Morgan fingerprint density at radius 3 is 2.64 bits per heavy atom. The maximum Gasteiger partial charge on any atom is 0.250 e. The maximum absolute atomic E-state index is 12.8. The Hall–Kier alpha value is -2.73. The van der Waals surface area contributed by atoms with Crippen LogP contribution in [0.1, 0.15) is 23.3 Å². The van der Waals surface area contributed by atoms with Gasteiger partial charge in [-0.3, -0.25) is 15.1 Å². The zero-order valence-corrected chi connectivity index (χ0v) is 14.5. The van der Waals surface area contributed by atoms with Crippen molar-refractivity contribution in [2.75, 3.05) is 6.61 Å². The summed E-state index contributed by atoms with van der Waals surface area (Å²) in [6.45, 7) is 2.59. The molecule has 126 valence electrons. The quantitative estimate of drug-likeness (QED) is 0.915. The van der Waals surface area contributed by atoms with Crippen LogP contribution >= 0.6 is 11.8 Å². The minimum absolute atomic E-state index is 0.0277. The van der Waals surface area contributed by atoms with E-state index in [0.717, 1.165) is 22.6 Å². The van der Waals surface area contributed by atoms with Crippen LogP contribution in [0.25, 0.3) is 5.70 Å². The number of nitrogens with one attached hydrogen (secondary N) is 1. The Bertz CT molecular complexity index is 847. The molecule has 5 nitrogen and oxygen atoms in total. The number of carbonyl (C=O) groups is 1. The fourth-order valence-electron chi connectivity index (χ4n) is 2.77. The van der Waals surface area contributed by atoms with Crippen LogP contribution in [0.3, 0.4) is 0 Å². The van der Waals surface area contributed by atoms with Crippen LogP contribution in [-0.2, 0) is 4.79 Å². The lowest BCUT2D eigenvalue weighted by atomic mass is 10.1. The number of ether oxygens (including phenoxy) is 1. The van der Waals surface area contributed by atoms with Crippen molar-refractivity contribution in [2.24, 2.45) is 5.10 Å². The molecule has 2 aromatic rings. The molecule has 0 unspecified atom stereocenters. The van der Waals surface area contributed by atoms with Crippen LogP contribution in [0.4, 0.5) is 0 Å². The predicted octanol–water partition coefficient (Wildman–Crippen LogP) is 3.57. The Kier molecular flexibility index (Phi) is 4.19. The van der Waals surface area contributed by atoms with Gasteiger partial charge in [-0.15, -0.1) is 5.10 Å². The van der Waals surface area contributed by atoms with E-state index >= 15 is 0 Å². The van der Waals surface area contributed by atoms with Gasteiger partial charge < -0.3 is 4.74 Å². The zero-order chi connectivity index (χ0) is 17.2. The van der Waals surface area contributed by atoms with Crippen LogP contribution in [0, 0.1) is 0 Å².